The zero-order valence-corrected chi connectivity index (χ0v) is 26.8. The maximum Gasteiger partial charge on any atom is 0.405 e. The van der Waals surface area contributed by atoms with E-state index in [0.717, 1.165) is 32.5 Å². The quantitative estimate of drug-likeness (QED) is 0.260. The minimum atomic E-state index is -0.967. The molecule has 244 valence electrons. The molecule has 2 unspecified atom stereocenters. The molecule has 3 aliphatic rings. The molecule has 3 rings (SSSR count). The number of nitrogens with one attached hydrogen (secondary N) is 2. The molecule has 44 heavy (non-hydrogen) atoms. The topological polar surface area (TPSA) is 160 Å². The maximum atomic E-state index is 13.5. The van der Waals surface area contributed by atoms with Crippen LogP contribution in [0.1, 0.15) is 72.6 Å². The molecule has 3 atom stereocenters. The number of aliphatic hydroxyl groups is 1. The summed E-state index contributed by atoms with van der Waals surface area (Å²) in [7, 11) is 1.45. The van der Waals surface area contributed by atoms with Crippen LogP contribution in [0.25, 0.3) is 0 Å². The number of primary amides is 1. The van der Waals surface area contributed by atoms with E-state index in [4.69, 9.17) is 15.2 Å². The smallest absolute Gasteiger partial charge is 0.405 e. The number of ether oxygens (including phenoxy) is 2. The number of nitrogens with two attached hydrogens (primary N) is 1. The number of nitrogens with zero attached hydrogens (tertiary/aromatic N) is 1. The Morgan fingerprint density at radius 2 is 1.84 bits per heavy atom. The largest absolute Gasteiger partial charge is 0.439 e. The third-order valence-corrected chi connectivity index (χ3v) is 7.71. The van der Waals surface area contributed by atoms with Crippen molar-refractivity contribution in [3.63, 3.8) is 0 Å². The lowest BCUT2D eigenvalue weighted by molar-refractivity contribution is -0.120. The van der Waals surface area contributed by atoms with Crippen LogP contribution in [0.5, 0.6) is 0 Å². The van der Waals surface area contributed by atoms with E-state index in [0.29, 0.717) is 49.8 Å². The first-order valence-electron chi connectivity index (χ1n) is 15.6. The van der Waals surface area contributed by atoms with Gasteiger partial charge in [0, 0.05) is 37.4 Å². The number of hydrogen-bond acceptors (Lipinski definition) is 9. The summed E-state index contributed by atoms with van der Waals surface area (Å²) in [6.07, 6.45) is 9.10. The molecule has 0 aromatic rings. The monoisotopic (exact) mass is 614 g/mol. The lowest BCUT2D eigenvalue weighted by Gasteiger charge is -2.24. The summed E-state index contributed by atoms with van der Waals surface area (Å²) in [4.78, 5) is 53.5. The van der Waals surface area contributed by atoms with Gasteiger partial charge < -0.3 is 35.8 Å². The predicted octanol–water partition coefficient (Wildman–Crippen LogP) is 3.36. The predicted molar refractivity (Wildman–Crippen MR) is 169 cm³/mol. The van der Waals surface area contributed by atoms with Gasteiger partial charge in [-0.05, 0) is 71.0 Å². The SMILES string of the molecule is CC.CO[C@H]1/C=C\C=C(/C)C(=O)NC2=CC(=O)C(NCCN3CCCC3)=C(CCCCC(O)C/C=C(\C)C1OC(N)=O)C2=O. The van der Waals surface area contributed by atoms with Crippen molar-refractivity contribution in [2.24, 2.45) is 5.73 Å². The summed E-state index contributed by atoms with van der Waals surface area (Å²) in [5, 5.41) is 16.4. The minimum absolute atomic E-state index is 0.0655. The summed E-state index contributed by atoms with van der Waals surface area (Å²) in [5.74, 6) is -1.27. The Bertz CT molecular complexity index is 1180. The second kappa shape index (κ2) is 19.0. The molecule has 2 bridgehead atoms. The fraction of sp³-hybridized carbons (Fsp3) is 0.576. The van der Waals surface area contributed by atoms with Crippen molar-refractivity contribution >= 4 is 23.6 Å². The van der Waals surface area contributed by atoms with Gasteiger partial charge in [-0.15, -0.1) is 0 Å². The number of likely N-dealkylation sites (tertiary alicyclic amines) is 1. The molecule has 1 saturated heterocycles. The molecule has 5 N–H and O–H groups in total. The van der Waals surface area contributed by atoms with Crippen LogP contribution >= 0.6 is 0 Å². The van der Waals surface area contributed by atoms with Gasteiger partial charge in [-0.1, -0.05) is 44.6 Å². The van der Waals surface area contributed by atoms with Crippen LogP contribution in [-0.4, -0.2) is 85.2 Å². The Hall–Kier alpha value is -3.54. The van der Waals surface area contributed by atoms with Crippen LogP contribution in [0.15, 0.2) is 58.5 Å². The summed E-state index contributed by atoms with van der Waals surface area (Å²) in [6, 6.07) is 0. The van der Waals surface area contributed by atoms with Crippen LogP contribution in [0.3, 0.4) is 0 Å². The number of allylic oxidation sites excluding steroid dienone is 4. The number of amides is 2. The first kappa shape index (κ1) is 36.7. The summed E-state index contributed by atoms with van der Waals surface area (Å²) >= 11 is 0. The molecule has 2 aliphatic heterocycles. The fourth-order valence-electron chi connectivity index (χ4n) is 5.26. The number of carbonyl (C=O) groups excluding carboxylic acids is 4. The van der Waals surface area contributed by atoms with Gasteiger partial charge in [0.2, 0.25) is 11.6 Å². The van der Waals surface area contributed by atoms with Crippen LogP contribution < -0.4 is 16.4 Å². The van der Waals surface area contributed by atoms with Crippen molar-refractivity contribution in [3.8, 4) is 0 Å². The highest BCUT2D eigenvalue weighted by Gasteiger charge is 2.30. The van der Waals surface area contributed by atoms with E-state index in [9.17, 15) is 24.3 Å². The van der Waals surface area contributed by atoms with Crippen LogP contribution in [0.2, 0.25) is 0 Å². The Morgan fingerprint density at radius 3 is 2.50 bits per heavy atom. The Kier molecular flexibility index (Phi) is 15.8. The summed E-state index contributed by atoms with van der Waals surface area (Å²) in [6.45, 7) is 10.7. The van der Waals surface area contributed by atoms with Crippen LogP contribution in [0.4, 0.5) is 4.79 Å². The zero-order chi connectivity index (χ0) is 32.6. The molecule has 11 heteroatoms. The second-order valence-corrected chi connectivity index (χ2v) is 10.9. The highest BCUT2D eigenvalue weighted by Crippen LogP contribution is 2.24. The summed E-state index contributed by atoms with van der Waals surface area (Å²) < 4.78 is 10.8. The first-order valence-corrected chi connectivity index (χ1v) is 15.6. The van der Waals surface area contributed by atoms with Gasteiger partial charge in [-0.3, -0.25) is 14.4 Å². The highest BCUT2D eigenvalue weighted by atomic mass is 16.6. The number of methoxy groups -OCH3 is 1. The molecule has 0 aromatic carbocycles. The standard InChI is InChI=1S/C31H44N4O7.C2H6/c1-20-13-14-22(36)10-4-5-11-23-27(33-15-18-35-16-6-7-17-35)25(37)19-24(28(23)38)34-30(39)21(2)9-8-12-26(41-3)29(20)42-31(32)40;1-2/h8-9,12-13,19,22,26,29,33,36H,4-7,10-11,14-18H2,1-3H3,(H2,32,40)(H,34,39);1-2H3/b12-8-,20-13+,21-9+;/t22?,26-,29?;/m0./s1. The van der Waals surface area contributed by atoms with E-state index in [1.165, 1.54) is 19.3 Å². The highest BCUT2D eigenvalue weighted by molar-refractivity contribution is 6.23. The average Bonchev–Trinajstić information content (AvgIpc) is 3.52. The Balaban J connectivity index is 0.00000330. The minimum Gasteiger partial charge on any atom is -0.439 e. The lowest BCUT2D eigenvalue weighted by atomic mass is 9.92. The van der Waals surface area contributed by atoms with Gasteiger partial charge in [0.05, 0.1) is 17.5 Å². The number of Topliss-reactive ketones (excluding diaryl/α,β-unsaturated/α-hetero) is 1. The van der Waals surface area contributed by atoms with Gasteiger partial charge in [0.25, 0.3) is 5.91 Å². The molecular formula is C33H50N4O7. The second-order valence-electron chi connectivity index (χ2n) is 10.9. The van der Waals surface area contributed by atoms with E-state index in [1.807, 2.05) is 13.8 Å². The zero-order valence-electron chi connectivity index (χ0n) is 26.8. The third-order valence-electron chi connectivity index (χ3n) is 7.71. The number of carbonyl (C=O) groups is 4. The number of rotatable bonds is 6. The van der Waals surface area contributed by atoms with Crippen molar-refractivity contribution in [3.05, 3.63) is 58.5 Å². The molecule has 0 radical (unpaired) electrons. The third kappa shape index (κ3) is 11.2. The molecular weight excluding hydrogens is 564 g/mol. The first-order chi connectivity index (χ1) is 21.1. The number of hydrogen-bond donors (Lipinski definition) is 4. The van der Waals surface area contributed by atoms with Gasteiger partial charge in [0.1, 0.15) is 6.10 Å². The van der Waals surface area contributed by atoms with Crippen molar-refractivity contribution in [1.29, 1.82) is 0 Å². The van der Waals surface area contributed by atoms with Crippen LogP contribution in [0, 0.1) is 0 Å². The molecule has 0 saturated carbocycles. The van der Waals surface area contributed by atoms with E-state index < -0.39 is 36.1 Å². The van der Waals surface area contributed by atoms with Crippen molar-refractivity contribution in [1.82, 2.24) is 15.5 Å². The molecule has 0 aromatic heterocycles. The number of fused-ring (bicyclic) bond motifs is 2. The van der Waals surface area contributed by atoms with E-state index in [2.05, 4.69) is 15.5 Å². The molecule has 1 aliphatic carbocycles. The van der Waals surface area contributed by atoms with Crippen LogP contribution in [-0.2, 0) is 23.9 Å². The molecule has 2 amide bonds. The number of aliphatic hydroxyl groups excluding tert-OH is 1. The van der Waals surface area contributed by atoms with Gasteiger partial charge in [-0.2, -0.15) is 0 Å². The van der Waals surface area contributed by atoms with Gasteiger partial charge in [-0.25, -0.2) is 4.79 Å². The number of ketones is 2. The van der Waals surface area contributed by atoms with E-state index in [-0.39, 0.29) is 22.8 Å². The molecule has 2 heterocycles. The average molecular weight is 615 g/mol. The molecule has 0 spiro atoms. The van der Waals surface area contributed by atoms with Crippen molar-refractivity contribution in [2.75, 3.05) is 33.3 Å². The molecule has 1 fully saturated rings. The van der Waals surface area contributed by atoms with Gasteiger partial charge in [0.15, 0.2) is 6.10 Å². The normalized spacial score (nSPS) is 27.5. The van der Waals surface area contributed by atoms with Gasteiger partial charge >= 0.3 is 6.09 Å². The summed E-state index contributed by atoms with van der Waals surface area (Å²) in [5.41, 5.74) is 6.79. The lowest BCUT2D eigenvalue weighted by Crippen LogP contribution is -2.37. The van der Waals surface area contributed by atoms with Crippen molar-refractivity contribution < 1.29 is 33.8 Å². The maximum absolute atomic E-state index is 13.5. The molecule has 11 nitrogen and oxygen atoms in total. The van der Waals surface area contributed by atoms with E-state index >= 15 is 0 Å². The van der Waals surface area contributed by atoms with E-state index in [1.54, 1.807) is 32.1 Å². The Labute approximate surface area is 261 Å². The Morgan fingerprint density at radius 1 is 1.14 bits per heavy atom. The fourth-order valence-corrected chi connectivity index (χ4v) is 5.26. The van der Waals surface area contributed by atoms with Crippen molar-refractivity contribution in [2.45, 2.75) is 91.0 Å².